The summed E-state index contributed by atoms with van der Waals surface area (Å²) in [4.78, 5) is 11.4. The van der Waals surface area contributed by atoms with Gasteiger partial charge in [0.2, 0.25) is 5.91 Å². The van der Waals surface area contributed by atoms with Gasteiger partial charge in [-0.25, -0.2) is 0 Å². The Labute approximate surface area is 91.4 Å². The maximum atomic E-state index is 11.4. The van der Waals surface area contributed by atoms with E-state index >= 15 is 0 Å². The molecule has 82 valence electrons. The van der Waals surface area contributed by atoms with Gasteiger partial charge >= 0.3 is 0 Å². The Hall–Kier alpha value is -0.240. The van der Waals surface area contributed by atoms with E-state index in [1.165, 1.54) is 19.3 Å². The van der Waals surface area contributed by atoms with Gasteiger partial charge in [-0.3, -0.25) is 4.79 Å². The zero-order valence-electron chi connectivity index (χ0n) is 9.05. The van der Waals surface area contributed by atoms with Gasteiger partial charge in [0.05, 0.1) is 0 Å². The largest absolute Gasteiger partial charge is 0.352 e. The molecule has 1 N–H and O–H groups in total. The summed E-state index contributed by atoms with van der Waals surface area (Å²) in [7, 11) is 0. The average molecular weight is 218 g/mol. The Morgan fingerprint density at radius 3 is 2.71 bits per heavy atom. The van der Waals surface area contributed by atoms with E-state index in [4.69, 9.17) is 11.6 Å². The molecule has 1 aliphatic rings. The lowest BCUT2D eigenvalue weighted by atomic mass is 10.0. The zero-order valence-corrected chi connectivity index (χ0v) is 9.81. The van der Waals surface area contributed by atoms with Crippen LogP contribution in [0.4, 0.5) is 0 Å². The number of carbonyl (C=O) groups is 1. The fourth-order valence-electron chi connectivity index (χ4n) is 1.95. The Morgan fingerprint density at radius 1 is 1.36 bits per heavy atom. The van der Waals surface area contributed by atoms with Gasteiger partial charge in [0, 0.05) is 6.04 Å². The smallest absolute Gasteiger partial charge is 0.237 e. The van der Waals surface area contributed by atoms with Crippen molar-refractivity contribution < 1.29 is 4.79 Å². The van der Waals surface area contributed by atoms with Crippen LogP contribution in [0.25, 0.3) is 0 Å². The van der Waals surface area contributed by atoms with Crippen LogP contribution in [-0.2, 0) is 4.79 Å². The van der Waals surface area contributed by atoms with Crippen LogP contribution in [0.15, 0.2) is 0 Å². The third-order valence-electron chi connectivity index (χ3n) is 2.97. The van der Waals surface area contributed by atoms with E-state index in [9.17, 15) is 4.79 Å². The maximum Gasteiger partial charge on any atom is 0.237 e. The fourth-order valence-corrected chi connectivity index (χ4v) is 2.01. The van der Waals surface area contributed by atoms with Crippen LogP contribution in [-0.4, -0.2) is 17.3 Å². The molecule has 1 fully saturated rings. The van der Waals surface area contributed by atoms with Crippen LogP contribution >= 0.6 is 11.6 Å². The highest BCUT2D eigenvalue weighted by Crippen LogP contribution is 2.22. The number of hydrogen-bond acceptors (Lipinski definition) is 1. The van der Waals surface area contributed by atoms with Gasteiger partial charge in [-0.15, -0.1) is 11.6 Å². The van der Waals surface area contributed by atoms with Crippen molar-refractivity contribution in [3.05, 3.63) is 0 Å². The molecule has 1 amide bonds. The highest BCUT2D eigenvalue weighted by atomic mass is 35.5. The molecule has 3 unspecified atom stereocenters. The minimum atomic E-state index is -0.407. The van der Waals surface area contributed by atoms with E-state index in [0.717, 1.165) is 18.8 Å². The normalized spacial score (nSPS) is 30.5. The summed E-state index contributed by atoms with van der Waals surface area (Å²) >= 11 is 5.70. The van der Waals surface area contributed by atoms with E-state index in [0.29, 0.717) is 6.04 Å². The zero-order chi connectivity index (χ0) is 10.6. The van der Waals surface area contributed by atoms with Crippen LogP contribution in [0.1, 0.15) is 46.0 Å². The summed E-state index contributed by atoms with van der Waals surface area (Å²) in [5.74, 6) is 0.788. The van der Waals surface area contributed by atoms with E-state index in [1.807, 2.05) is 0 Å². The summed E-state index contributed by atoms with van der Waals surface area (Å²) in [6.45, 7) is 4.00. The van der Waals surface area contributed by atoms with Crippen LogP contribution in [0.3, 0.4) is 0 Å². The Morgan fingerprint density at radius 2 is 2.07 bits per heavy atom. The van der Waals surface area contributed by atoms with Crippen molar-refractivity contribution in [1.82, 2.24) is 5.32 Å². The van der Waals surface area contributed by atoms with Crippen molar-refractivity contribution in [2.24, 2.45) is 5.92 Å². The van der Waals surface area contributed by atoms with Gasteiger partial charge in [0.25, 0.3) is 0 Å². The molecule has 3 atom stereocenters. The molecular weight excluding hydrogens is 198 g/mol. The molecule has 14 heavy (non-hydrogen) atoms. The summed E-state index contributed by atoms with van der Waals surface area (Å²) in [6, 6.07) is 0.355. The van der Waals surface area contributed by atoms with Crippen LogP contribution in [0.2, 0.25) is 0 Å². The molecule has 0 saturated heterocycles. The highest BCUT2D eigenvalue weighted by Gasteiger charge is 2.19. The van der Waals surface area contributed by atoms with Crippen LogP contribution in [0, 0.1) is 5.92 Å². The predicted octanol–water partition coefficient (Wildman–Crippen LogP) is 2.70. The third-order valence-corrected chi connectivity index (χ3v) is 3.16. The molecule has 0 aromatic rings. The van der Waals surface area contributed by atoms with Gasteiger partial charge in [-0.05, 0) is 32.1 Å². The number of nitrogens with one attached hydrogen (secondary N) is 1. The lowest BCUT2D eigenvalue weighted by Gasteiger charge is -2.17. The topological polar surface area (TPSA) is 29.1 Å². The molecule has 0 aliphatic heterocycles. The molecule has 1 rings (SSSR count). The van der Waals surface area contributed by atoms with Gasteiger partial charge in [-0.1, -0.05) is 19.8 Å². The number of carbonyl (C=O) groups excluding carboxylic acids is 1. The standard InChI is InChI=1S/C11H20ClNO/c1-8-4-3-5-10(7-6-8)13-11(14)9(2)12/h8-10H,3-7H2,1-2H3,(H,13,14). The molecule has 2 nitrogen and oxygen atoms in total. The SMILES string of the molecule is CC1CCCC(NC(=O)C(C)Cl)CC1. The summed E-state index contributed by atoms with van der Waals surface area (Å²) in [5.41, 5.74) is 0. The monoisotopic (exact) mass is 217 g/mol. The predicted molar refractivity (Wildman–Crippen MR) is 59.5 cm³/mol. The first kappa shape index (κ1) is 11.8. The summed E-state index contributed by atoms with van der Waals surface area (Å²) in [6.07, 6.45) is 5.96. The molecule has 1 aliphatic carbocycles. The van der Waals surface area contributed by atoms with Crippen molar-refractivity contribution >= 4 is 17.5 Å². The number of hydrogen-bond donors (Lipinski definition) is 1. The third kappa shape index (κ3) is 3.87. The Bertz CT molecular complexity index is 194. The van der Waals surface area contributed by atoms with Gasteiger partial charge in [0.15, 0.2) is 0 Å². The van der Waals surface area contributed by atoms with Gasteiger partial charge in [-0.2, -0.15) is 0 Å². The Kier molecular flexibility index (Phi) is 4.73. The van der Waals surface area contributed by atoms with E-state index in [1.54, 1.807) is 6.92 Å². The molecule has 0 bridgehead atoms. The average Bonchev–Trinajstić information content (AvgIpc) is 2.31. The molecule has 3 heteroatoms. The minimum Gasteiger partial charge on any atom is -0.352 e. The van der Waals surface area contributed by atoms with Crippen LogP contribution < -0.4 is 5.32 Å². The fraction of sp³-hybridized carbons (Fsp3) is 0.909. The first-order chi connectivity index (χ1) is 6.59. The first-order valence-electron chi connectivity index (χ1n) is 5.54. The lowest BCUT2D eigenvalue weighted by Crippen LogP contribution is -2.38. The number of amides is 1. The van der Waals surface area contributed by atoms with E-state index < -0.39 is 5.38 Å². The van der Waals surface area contributed by atoms with Crippen molar-refractivity contribution in [3.8, 4) is 0 Å². The molecule has 0 aromatic carbocycles. The van der Waals surface area contributed by atoms with Crippen molar-refractivity contribution in [2.75, 3.05) is 0 Å². The van der Waals surface area contributed by atoms with E-state index in [-0.39, 0.29) is 5.91 Å². The lowest BCUT2D eigenvalue weighted by molar-refractivity contribution is -0.121. The van der Waals surface area contributed by atoms with Crippen LogP contribution in [0.5, 0.6) is 0 Å². The van der Waals surface area contributed by atoms with Gasteiger partial charge < -0.3 is 5.32 Å². The van der Waals surface area contributed by atoms with Crippen molar-refractivity contribution in [3.63, 3.8) is 0 Å². The second kappa shape index (κ2) is 5.59. The van der Waals surface area contributed by atoms with Crippen molar-refractivity contribution in [2.45, 2.75) is 57.4 Å². The number of halogens is 1. The quantitative estimate of drug-likeness (QED) is 0.559. The summed E-state index contributed by atoms with van der Waals surface area (Å²) < 4.78 is 0. The second-order valence-electron chi connectivity index (χ2n) is 4.43. The molecular formula is C11H20ClNO. The molecule has 0 aromatic heterocycles. The van der Waals surface area contributed by atoms with Gasteiger partial charge in [0.1, 0.15) is 5.38 Å². The second-order valence-corrected chi connectivity index (χ2v) is 5.09. The molecule has 1 saturated carbocycles. The molecule has 0 radical (unpaired) electrons. The summed E-state index contributed by atoms with van der Waals surface area (Å²) in [5, 5.41) is 2.60. The maximum absolute atomic E-state index is 11.4. The highest BCUT2D eigenvalue weighted by molar-refractivity contribution is 6.30. The number of alkyl halides is 1. The van der Waals surface area contributed by atoms with Crippen molar-refractivity contribution in [1.29, 1.82) is 0 Å². The minimum absolute atomic E-state index is 0.0220. The number of rotatable bonds is 2. The molecule has 0 spiro atoms. The first-order valence-corrected chi connectivity index (χ1v) is 5.97. The molecule has 0 heterocycles. The van der Waals surface area contributed by atoms with E-state index in [2.05, 4.69) is 12.2 Å². The Balaban J connectivity index is 2.33.